The molecule has 1 aromatic carbocycles. The van der Waals surface area contributed by atoms with Crippen molar-refractivity contribution in [2.45, 2.75) is 6.54 Å². The van der Waals surface area contributed by atoms with Crippen LogP contribution in [0.1, 0.15) is 5.56 Å². The molecular formula is C18H21N5O. The molecular weight excluding hydrogens is 302 g/mol. The Morgan fingerprint density at radius 1 is 1.12 bits per heavy atom. The highest BCUT2D eigenvalue weighted by atomic mass is 16.3. The molecule has 2 aromatic heterocycles. The van der Waals surface area contributed by atoms with Gasteiger partial charge >= 0.3 is 0 Å². The number of aliphatic hydroxyl groups is 1. The van der Waals surface area contributed by atoms with E-state index in [-0.39, 0.29) is 6.61 Å². The van der Waals surface area contributed by atoms with Crippen molar-refractivity contribution in [3.8, 4) is 5.69 Å². The van der Waals surface area contributed by atoms with Crippen LogP contribution in [0.4, 0.5) is 11.5 Å². The van der Waals surface area contributed by atoms with E-state index in [4.69, 9.17) is 5.11 Å². The Kier molecular flexibility index (Phi) is 5.08. The van der Waals surface area contributed by atoms with Gasteiger partial charge in [-0.3, -0.25) is 0 Å². The summed E-state index contributed by atoms with van der Waals surface area (Å²) in [6.07, 6.45) is 5.65. The van der Waals surface area contributed by atoms with Crippen molar-refractivity contribution >= 4 is 11.5 Å². The van der Waals surface area contributed by atoms with Crippen molar-refractivity contribution in [1.82, 2.24) is 14.8 Å². The number of likely N-dealkylation sites (N-methyl/N-ethyl adjacent to an activating group) is 1. The Bertz CT molecular complexity index is 755. The molecule has 0 saturated carbocycles. The van der Waals surface area contributed by atoms with E-state index in [0.29, 0.717) is 13.1 Å². The SMILES string of the molecule is CN(CCO)c1ccc(NCc2cnn(-c3ccccc3)c2)nc1. The minimum atomic E-state index is 0.127. The molecule has 0 bridgehead atoms. The average Bonchev–Trinajstić information content (AvgIpc) is 3.10. The number of hydrogen-bond donors (Lipinski definition) is 2. The first-order valence-corrected chi connectivity index (χ1v) is 7.87. The zero-order chi connectivity index (χ0) is 16.8. The standard InChI is InChI=1S/C18H21N5O/c1-22(9-10-24)17-7-8-18(20-13-17)19-11-15-12-21-23(14-15)16-5-3-2-4-6-16/h2-8,12-14,24H,9-11H2,1H3,(H,19,20). The zero-order valence-corrected chi connectivity index (χ0v) is 13.6. The fourth-order valence-corrected chi connectivity index (χ4v) is 2.36. The molecule has 0 atom stereocenters. The summed E-state index contributed by atoms with van der Waals surface area (Å²) in [4.78, 5) is 6.36. The predicted molar refractivity (Wildman–Crippen MR) is 95.5 cm³/mol. The van der Waals surface area contributed by atoms with Gasteiger partial charge in [0.25, 0.3) is 0 Å². The molecule has 6 heteroatoms. The Balaban J connectivity index is 1.59. The quantitative estimate of drug-likeness (QED) is 0.698. The summed E-state index contributed by atoms with van der Waals surface area (Å²) in [5, 5.41) is 16.6. The average molecular weight is 323 g/mol. The maximum Gasteiger partial charge on any atom is 0.126 e. The zero-order valence-electron chi connectivity index (χ0n) is 13.6. The van der Waals surface area contributed by atoms with Gasteiger partial charge in [-0.25, -0.2) is 9.67 Å². The Labute approximate surface area is 141 Å². The number of anilines is 2. The number of nitrogens with one attached hydrogen (secondary N) is 1. The van der Waals surface area contributed by atoms with Crippen LogP contribution >= 0.6 is 0 Å². The van der Waals surface area contributed by atoms with Gasteiger partial charge in [-0.2, -0.15) is 5.10 Å². The van der Waals surface area contributed by atoms with E-state index in [1.807, 2.05) is 71.5 Å². The molecule has 0 saturated heterocycles. The third kappa shape index (κ3) is 3.91. The number of benzene rings is 1. The van der Waals surface area contributed by atoms with E-state index >= 15 is 0 Å². The summed E-state index contributed by atoms with van der Waals surface area (Å²) >= 11 is 0. The molecule has 2 N–H and O–H groups in total. The van der Waals surface area contributed by atoms with Gasteiger partial charge in [0.1, 0.15) is 5.82 Å². The largest absolute Gasteiger partial charge is 0.395 e. The molecule has 2 heterocycles. The first-order valence-electron chi connectivity index (χ1n) is 7.87. The van der Waals surface area contributed by atoms with Crippen LogP contribution in [-0.2, 0) is 6.54 Å². The van der Waals surface area contributed by atoms with E-state index < -0.39 is 0 Å². The first-order chi connectivity index (χ1) is 11.8. The van der Waals surface area contributed by atoms with E-state index in [2.05, 4.69) is 15.4 Å². The highest BCUT2D eigenvalue weighted by Crippen LogP contribution is 2.14. The molecule has 0 fully saturated rings. The summed E-state index contributed by atoms with van der Waals surface area (Å²) in [7, 11) is 1.93. The van der Waals surface area contributed by atoms with Crippen molar-refractivity contribution in [3.05, 3.63) is 66.6 Å². The van der Waals surface area contributed by atoms with Gasteiger partial charge in [-0.05, 0) is 24.3 Å². The number of aromatic nitrogens is 3. The third-order valence-corrected chi connectivity index (χ3v) is 3.75. The molecule has 0 amide bonds. The smallest absolute Gasteiger partial charge is 0.126 e. The molecule has 0 aliphatic heterocycles. The van der Waals surface area contributed by atoms with Crippen LogP contribution in [0.15, 0.2) is 61.1 Å². The van der Waals surface area contributed by atoms with Gasteiger partial charge < -0.3 is 15.3 Å². The second-order valence-corrected chi connectivity index (χ2v) is 5.53. The second-order valence-electron chi connectivity index (χ2n) is 5.53. The topological polar surface area (TPSA) is 66.2 Å². The maximum atomic E-state index is 8.96. The summed E-state index contributed by atoms with van der Waals surface area (Å²) in [5.41, 5.74) is 3.10. The summed E-state index contributed by atoms with van der Waals surface area (Å²) < 4.78 is 1.86. The predicted octanol–water partition coefficient (Wildman–Crippen LogP) is 2.31. The molecule has 24 heavy (non-hydrogen) atoms. The van der Waals surface area contributed by atoms with Crippen molar-refractivity contribution in [3.63, 3.8) is 0 Å². The van der Waals surface area contributed by atoms with Crippen LogP contribution in [0, 0.1) is 0 Å². The normalized spacial score (nSPS) is 10.6. The molecule has 0 unspecified atom stereocenters. The number of hydrogen-bond acceptors (Lipinski definition) is 5. The van der Waals surface area contributed by atoms with Crippen molar-refractivity contribution in [2.75, 3.05) is 30.4 Å². The number of aliphatic hydroxyl groups excluding tert-OH is 1. The monoisotopic (exact) mass is 323 g/mol. The molecule has 0 aliphatic rings. The van der Waals surface area contributed by atoms with Crippen molar-refractivity contribution in [2.24, 2.45) is 0 Å². The first kappa shape index (κ1) is 16.0. The molecule has 3 aromatic rings. The van der Waals surface area contributed by atoms with Crippen LogP contribution in [0.5, 0.6) is 0 Å². The lowest BCUT2D eigenvalue weighted by Gasteiger charge is -2.17. The maximum absolute atomic E-state index is 8.96. The van der Waals surface area contributed by atoms with Gasteiger partial charge in [0.2, 0.25) is 0 Å². The molecule has 0 spiro atoms. The summed E-state index contributed by atoms with van der Waals surface area (Å²) in [5.74, 6) is 0.809. The fourth-order valence-electron chi connectivity index (χ4n) is 2.36. The molecule has 124 valence electrons. The number of pyridine rings is 1. The number of rotatable bonds is 7. The van der Waals surface area contributed by atoms with E-state index in [1.54, 1.807) is 6.20 Å². The van der Waals surface area contributed by atoms with Crippen LogP contribution in [-0.4, -0.2) is 40.1 Å². The minimum absolute atomic E-state index is 0.127. The molecule has 3 rings (SSSR count). The Morgan fingerprint density at radius 3 is 2.67 bits per heavy atom. The lowest BCUT2D eigenvalue weighted by atomic mass is 10.3. The second kappa shape index (κ2) is 7.61. The van der Waals surface area contributed by atoms with E-state index in [9.17, 15) is 0 Å². The van der Waals surface area contributed by atoms with Gasteiger partial charge in [-0.15, -0.1) is 0 Å². The van der Waals surface area contributed by atoms with Crippen LogP contribution < -0.4 is 10.2 Å². The number of nitrogens with zero attached hydrogens (tertiary/aromatic N) is 4. The lowest BCUT2D eigenvalue weighted by Crippen LogP contribution is -2.21. The number of para-hydroxylation sites is 1. The van der Waals surface area contributed by atoms with Crippen molar-refractivity contribution < 1.29 is 5.11 Å². The third-order valence-electron chi connectivity index (χ3n) is 3.75. The molecule has 0 radical (unpaired) electrons. The van der Waals surface area contributed by atoms with Crippen LogP contribution in [0.2, 0.25) is 0 Å². The van der Waals surface area contributed by atoms with Crippen LogP contribution in [0.25, 0.3) is 5.69 Å². The van der Waals surface area contributed by atoms with Gasteiger partial charge in [0, 0.05) is 31.9 Å². The summed E-state index contributed by atoms with van der Waals surface area (Å²) in [6.45, 7) is 1.38. The van der Waals surface area contributed by atoms with E-state index in [1.165, 1.54) is 0 Å². The fraction of sp³-hybridized carbons (Fsp3) is 0.222. The van der Waals surface area contributed by atoms with E-state index in [0.717, 1.165) is 22.8 Å². The molecule has 0 aliphatic carbocycles. The summed E-state index contributed by atoms with van der Waals surface area (Å²) in [6, 6.07) is 13.9. The highest BCUT2D eigenvalue weighted by molar-refractivity contribution is 5.49. The Morgan fingerprint density at radius 2 is 1.96 bits per heavy atom. The van der Waals surface area contributed by atoms with Gasteiger partial charge in [0.05, 0.1) is 30.4 Å². The minimum Gasteiger partial charge on any atom is -0.395 e. The Hall–Kier alpha value is -2.86. The molecule has 6 nitrogen and oxygen atoms in total. The van der Waals surface area contributed by atoms with Crippen molar-refractivity contribution in [1.29, 1.82) is 0 Å². The highest BCUT2D eigenvalue weighted by Gasteiger charge is 2.03. The van der Waals surface area contributed by atoms with Crippen LogP contribution in [0.3, 0.4) is 0 Å². The van der Waals surface area contributed by atoms with Gasteiger partial charge in [0.15, 0.2) is 0 Å². The lowest BCUT2D eigenvalue weighted by molar-refractivity contribution is 0.304. The van der Waals surface area contributed by atoms with Gasteiger partial charge in [-0.1, -0.05) is 18.2 Å².